The maximum absolute atomic E-state index is 5.05. The Balaban J connectivity index is 2.02. The Morgan fingerprint density at radius 1 is 1.06 bits per heavy atom. The van der Waals surface area contributed by atoms with Gasteiger partial charge in [-0.05, 0) is 68.9 Å². The van der Waals surface area contributed by atoms with Gasteiger partial charge >= 0.3 is 0 Å². The first-order chi connectivity index (χ1) is 8.54. The van der Waals surface area contributed by atoms with Crippen molar-refractivity contribution in [1.82, 2.24) is 5.32 Å². The van der Waals surface area contributed by atoms with Gasteiger partial charge in [-0.25, -0.2) is 0 Å². The van der Waals surface area contributed by atoms with Crippen LogP contribution in [0.2, 0.25) is 0 Å². The van der Waals surface area contributed by atoms with Crippen LogP contribution in [0.3, 0.4) is 0 Å². The fourth-order valence-corrected chi connectivity index (χ4v) is 3.04. The summed E-state index contributed by atoms with van der Waals surface area (Å²) in [7, 11) is 1.78. The fourth-order valence-electron chi connectivity index (χ4n) is 3.04. The standard InChI is InChI=1S/C16H33NO/c1-16(2,3)15-9-7-14(8-10-15)13-17-11-5-6-12-18-4/h14-15,17H,5-13H2,1-4H3. The molecule has 1 N–H and O–H groups in total. The first-order valence-electron chi connectivity index (χ1n) is 7.73. The summed E-state index contributed by atoms with van der Waals surface area (Å²) in [5, 5.41) is 3.61. The van der Waals surface area contributed by atoms with Crippen molar-refractivity contribution >= 4 is 0 Å². The Hall–Kier alpha value is -0.0800. The van der Waals surface area contributed by atoms with Crippen molar-refractivity contribution in [3.63, 3.8) is 0 Å². The van der Waals surface area contributed by atoms with E-state index in [9.17, 15) is 0 Å². The molecule has 0 aliphatic heterocycles. The lowest BCUT2D eigenvalue weighted by molar-refractivity contribution is 0.149. The van der Waals surface area contributed by atoms with E-state index >= 15 is 0 Å². The minimum Gasteiger partial charge on any atom is -0.385 e. The fraction of sp³-hybridized carbons (Fsp3) is 1.00. The Bertz CT molecular complexity index is 202. The van der Waals surface area contributed by atoms with Gasteiger partial charge in [-0.1, -0.05) is 20.8 Å². The van der Waals surface area contributed by atoms with Crippen LogP contribution in [-0.4, -0.2) is 26.8 Å². The molecule has 1 aliphatic rings. The molecule has 1 rings (SSSR count). The zero-order valence-electron chi connectivity index (χ0n) is 12.9. The lowest BCUT2D eigenvalue weighted by Gasteiger charge is -2.37. The highest BCUT2D eigenvalue weighted by Gasteiger charge is 2.29. The summed E-state index contributed by atoms with van der Waals surface area (Å²) in [6, 6.07) is 0. The van der Waals surface area contributed by atoms with Gasteiger partial charge in [-0.3, -0.25) is 0 Å². The Labute approximate surface area is 114 Å². The van der Waals surface area contributed by atoms with Gasteiger partial charge in [0.2, 0.25) is 0 Å². The number of methoxy groups -OCH3 is 1. The molecule has 0 amide bonds. The van der Waals surface area contributed by atoms with E-state index in [2.05, 4.69) is 26.1 Å². The molecule has 18 heavy (non-hydrogen) atoms. The molecule has 1 fully saturated rings. The van der Waals surface area contributed by atoms with Crippen molar-refractivity contribution in [2.45, 2.75) is 59.3 Å². The molecule has 0 bridgehead atoms. The second-order valence-corrected chi connectivity index (χ2v) is 6.99. The first-order valence-corrected chi connectivity index (χ1v) is 7.73. The molecule has 1 aliphatic carbocycles. The number of rotatable bonds is 7. The van der Waals surface area contributed by atoms with Crippen LogP contribution in [-0.2, 0) is 4.74 Å². The van der Waals surface area contributed by atoms with E-state index in [1.54, 1.807) is 7.11 Å². The van der Waals surface area contributed by atoms with Gasteiger partial charge in [0.25, 0.3) is 0 Å². The molecule has 0 atom stereocenters. The van der Waals surface area contributed by atoms with Crippen LogP contribution in [0.25, 0.3) is 0 Å². The van der Waals surface area contributed by atoms with Crippen LogP contribution >= 0.6 is 0 Å². The molecule has 0 heterocycles. The van der Waals surface area contributed by atoms with Crippen LogP contribution in [0.5, 0.6) is 0 Å². The number of ether oxygens (including phenoxy) is 1. The van der Waals surface area contributed by atoms with Crippen molar-refractivity contribution in [1.29, 1.82) is 0 Å². The van der Waals surface area contributed by atoms with Gasteiger partial charge in [0.1, 0.15) is 0 Å². The number of hydrogen-bond donors (Lipinski definition) is 1. The lowest BCUT2D eigenvalue weighted by atomic mass is 9.70. The van der Waals surface area contributed by atoms with Crippen molar-refractivity contribution in [3.05, 3.63) is 0 Å². The van der Waals surface area contributed by atoms with Gasteiger partial charge in [0.05, 0.1) is 0 Å². The molecule has 0 spiro atoms. The summed E-state index contributed by atoms with van der Waals surface area (Å²) in [5.74, 6) is 1.86. The Morgan fingerprint density at radius 2 is 1.72 bits per heavy atom. The molecule has 1 saturated carbocycles. The highest BCUT2D eigenvalue weighted by atomic mass is 16.5. The first kappa shape index (κ1) is 16.0. The molecule has 0 radical (unpaired) electrons. The van der Waals surface area contributed by atoms with Crippen LogP contribution < -0.4 is 5.32 Å². The van der Waals surface area contributed by atoms with Crippen LogP contribution in [0, 0.1) is 17.3 Å². The topological polar surface area (TPSA) is 21.3 Å². The highest BCUT2D eigenvalue weighted by Crippen LogP contribution is 2.39. The molecular weight excluding hydrogens is 222 g/mol. The molecule has 0 saturated heterocycles. The Kier molecular flexibility index (Phi) is 7.25. The molecule has 0 unspecified atom stereocenters. The van der Waals surface area contributed by atoms with Crippen molar-refractivity contribution < 1.29 is 4.74 Å². The van der Waals surface area contributed by atoms with Gasteiger partial charge < -0.3 is 10.1 Å². The van der Waals surface area contributed by atoms with Crippen molar-refractivity contribution in [3.8, 4) is 0 Å². The molecular formula is C16H33NO. The maximum atomic E-state index is 5.05. The minimum absolute atomic E-state index is 0.512. The average molecular weight is 255 g/mol. The molecule has 0 aromatic carbocycles. The van der Waals surface area contributed by atoms with E-state index in [1.807, 2.05) is 0 Å². The largest absolute Gasteiger partial charge is 0.385 e. The molecule has 2 heteroatoms. The summed E-state index contributed by atoms with van der Waals surface area (Å²) in [6.07, 6.45) is 8.13. The van der Waals surface area contributed by atoms with Gasteiger partial charge in [0, 0.05) is 13.7 Å². The van der Waals surface area contributed by atoms with Crippen molar-refractivity contribution in [2.24, 2.45) is 17.3 Å². The van der Waals surface area contributed by atoms with E-state index in [0.29, 0.717) is 5.41 Å². The number of nitrogens with one attached hydrogen (secondary N) is 1. The van der Waals surface area contributed by atoms with Crippen LogP contribution in [0.15, 0.2) is 0 Å². The normalized spacial score (nSPS) is 25.3. The predicted octanol–water partition coefficient (Wildman–Crippen LogP) is 3.86. The summed E-state index contributed by atoms with van der Waals surface area (Å²) in [4.78, 5) is 0. The predicted molar refractivity (Wildman–Crippen MR) is 78.9 cm³/mol. The van der Waals surface area contributed by atoms with Gasteiger partial charge in [-0.15, -0.1) is 0 Å². The summed E-state index contributed by atoms with van der Waals surface area (Å²) < 4.78 is 5.05. The monoisotopic (exact) mass is 255 g/mol. The SMILES string of the molecule is COCCCCNCC1CCC(C(C)(C)C)CC1. The molecule has 0 aromatic rings. The lowest BCUT2D eigenvalue weighted by Crippen LogP contribution is -2.31. The molecule has 0 aromatic heterocycles. The third-order valence-corrected chi connectivity index (χ3v) is 4.46. The van der Waals surface area contributed by atoms with E-state index in [-0.39, 0.29) is 0 Å². The number of hydrogen-bond acceptors (Lipinski definition) is 2. The second kappa shape index (κ2) is 8.16. The average Bonchev–Trinajstić information content (AvgIpc) is 2.33. The van der Waals surface area contributed by atoms with E-state index in [4.69, 9.17) is 4.74 Å². The van der Waals surface area contributed by atoms with Crippen LogP contribution in [0.4, 0.5) is 0 Å². The Morgan fingerprint density at radius 3 is 2.28 bits per heavy atom. The van der Waals surface area contributed by atoms with E-state index in [1.165, 1.54) is 45.1 Å². The maximum Gasteiger partial charge on any atom is 0.0462 e. The molecule has 108 valence electrons. The third-order valence-electron chi connectivity index (χ3n) is 4.46. The van der Waals surface area contributed by atoms with Crippen molar-refractivity contribution in [2.75, 3.05) is 26.8 Å². The zero-order chi connectivity index (χ0) is 13.4. The summed E-state index contributed by atoms with van der Waals surface area (Å²) >= 11 is 0. The smallest absolute Gasteiger partial charge is 0.0462 e. The zero-order valence-corrected chi connectivity index (χ0v) is 12.9. The quantitative estimate of drug-likeness (QED) is 0.698. The number of unbranched alkanes of at least 4 members (excludes halogenated alkanes) is 1. The van der Waals surface area contributed by atoms with Gasteiger partial charge in [-0.2, -0.15) is 0 Å². The highest BCUT2D eigenvalue weighted by molar-refractivity contribution is 4.81. The summed E-state index contributed by atoms with van der Waals surface area (Å²) in [6.45, 7) is 10.5. The second-order valence-electron chi connectivity index (χ2n) is 6.99. The molecule has 2 nitrogen and oxygen atoms in total. The van der Waals surface area contributed by atoms with E-state index in [0.717, 1.165) is 25.0 Å². The van der Waals surface area contributed by atoms with Crippen LogP contribution in [0.1, 0.15) is 59.3 Å². The van der Waals surface area contributed by atoms with Gasteiger partial charge in [0.15, 0.2) is 0 Å². The third kappa shape index (κ3) is 6.19. The summed E-state index contributed by atoms with van der Waals surface area (Å²) in [5.41, 5.74) is 0.512. The minimum atomic E-state index is 0.512. The van der Waals surface area contributed by atoms with E-state index < -0.39 is 0 Å².